The average molecular weight is 485 g/mol. The number of thioether (sulfide) groups is 1. The number of aryl methyl sites for hydroxylation is 1. The first-order valence-electron chi connectivity index (χ1n) is 11.5. The van der Waals surface area contributed by atoms with E-state index in [-0.39, 0.29) is 11.7 Å². The van der Waals surface area contributed by atoms with Crippen LogP contribution in [0.4, 0.5) is 5.69 Å². The molecule has 9 heteroatoms. The molecule has 0 unspecified atom stereocenters. The SMILES string of the molecule is CCn1c(SCC(=O)N2CCc3ccccc32)nc2cc(S(=O)(=O)N3CCCCC3)ccc21. The van der Waals surface area contributed by atoms with Crippen LogP contribution in [0.5, 0.6) is 0 Å². The smallest absolute Gasteiger partial charge is 0.243 e. The lowest BCUT2D eigenvalue weighted by Crippen LogP contribution is -2.35. The Morgan fingerprint density at radius 1 is 1.06 bits per heavy atom. The van der Waals surface area contributed by atoms with Crippen molar-refractivity contribution in [3.8, 4) is 0 Å². The van der Waals surface area contributed by atoms with Crippen molar-refractivity contribution >= 4 is 44.4 Å². The molecule has 0 aliphatic carbocycles. The Bertz CT molecular complexity index is 1300. The standard InChI is InChI=1S/C24H28N4O3S2/c1-2-27-22-11-10-19(33(30,31)26-13-6-3-7-14-26)16-20(22)25-24(27)32-17-23(29)28-15-12-18-8-4-5-9-21(18)28/h4-5,8-11,16H,2-3,6-7,12-15,17H2,1H3. The van der Waals surface area contributed by atoms with Gasteiger partial charge in [-0.3, -0.25) is 4.79 Å². The third kappa shape index (κ3) is 4.18. The predicted octanol–water partition coefficient (Wildman–Crippen LogP) is 3.91. The van der Waals surface area contributed by atoms with Crippen LogP contribution in [-0.2, 0) is 27.8 Å². The van der Waals surface area contributed by atoms with Gasteiger partial charge in [-0.2, -0.15) is 4.31 Å². The van der Waals surface area contributed by atoms with E-state index in [1.54, 1.807) is 16.4 Å². The van der Waals surface area contributed by atoms with Crippen LogP contribution < -0.4 is 4.90 Å². The number of sulfonamides is 1. The molecule has 1 aromatic heterocycles. The maximum Gasteiger partial charge on any atom is 0.243 e. The van der Waals surface area contributed by atoms with Gasteiger partial charge in [0.15, 0.2) is 5.16 Å². The molecule has 1 amide bonds. The van der Waals surface area contributed by atoms with Crippen LogP contribution in [0.25, 0.3) is 11.0 Å². The predicted molar refractivity (Wildman–Crippen MR) is 131 cm³/mol. The number of imidazole rings is 1. The molecule has 0 radical (unpaired) electrons. The molecule has 2 aliphatic heterocycles. The monoisotopic (exact) mass is 484 g/mol. The maximum atomic E-state index is 13.1. The number of nitrogens with zero attached hydrogens (tertiary/aromatic N) is 4. The highest BCUT2D eigenvalue weighted by molar-refractivity contribution is 7.99. The van der Waals surface area contributed by atoms with Gasteiger partial charge in [0.25, 0.3) is 0 Å². The Kier molecular flexibility index (Phi) is 6.20. The van der Waals surface area contributed by atoms with E-state index in [9.17, 15) is 13.2 Å². The molecule has 33 heavy (non-hydrogen) atoms. The number of fused-ring (bicyclic) bond motifs is 2. The van der Waals surface area contributed by atoms with Crippen molar-refractivity contribution in [3.63, 3.8) is 0 Å². The van der Waals surface area contributed by atoms with Gasteiger partial charge in [0.05, 0.1) is 21.7 Å². The number of amides is 1. The van der Waals surface area contributed by atoms with Crippen molar-refractivity contribution in [3.05, 3.63) is 48.0 Å². The van der Waals surface area contributed by atoms with Crippen LogP contribution in [0.1, 0.15) is 31.7 Å². The first-order valence-corrected chi connectivity index (χ1v) is 13.9. The van der Waals surface area contributed by atoms with Crippen molar-refractivity contribution in [2.75, 3.05) is 30.3 Å². The van der Waals surface area contributed by atoms with Crippen LogP contribution in [0.3, 0.4) is 0 Å². The van der Waals surface area contributed by atoms with E-state index in [1.165, 1.54) is 17.3 Å². The average Bonchev–Trinajstić information content (AvgIpc) is 3.43. The minimum absolute atomic E-state index is 0.0630. The number of aromatic nitrogens is 2. The van der Waals surface area contributed by atoms with Gasteiger partial charge < -0.3 is 9.47 Å². The third-order valence-corrected chi connectivity index (χ3v) is 9.32. The molecular weight excluding hydrogens is 456 g/mol. The molecule has 174 valence electrons. The lowest BCUT2D eigenvalue weighted by molar-refractivity contribution is -0.116. The molecular formula is C24H28N4O3S2. The zero-order chi connectivity index (χ0) is 23.0. The Hall–Kier alpha value is -2.36. The summed E-state index contributed by atoms with van der Waals surface area (Å²) in [5.41, 5.74) is 3.74. The summed E-state index contributed by atoms with van der Waals surface area (Å²) in [5.74, 6) is 0.351. The molecule has 0 N–H and O–H groups in total. The largest absolute Gasteiger partial charge is 0.319 e. The number of rotatable bonds is 6. The minimum Gasteiger partial charge on any atom is -0.319 e. The van der Waals surface area contributed by atoms with Gasteiger partial charge in [0.2, 0.25) is 15.9 Å². The molecule has 0 bridgehead atoms. The van der Waals surface area contributed by atoms with Crippen LogP contribution in [0.15, 0.2) is 52.5 Å². The van der Waals surface area contributed by atoms with Crippen LogP contribution in [0, 0.1) is 0 Å². The highest BCUT2D eigenvalue weighted by atomic mass is 32.2. The van der Waals surface area contributed by atoms with Crippen LogP contribution in [0.2, 0.25) is 0 Å². The van der Waals surface area contributed by atoms with Crippen LogP contribution >= 0.6 is 11.8 Å². The maximum absolute atomic E-state index is 13.1. The number of anilines is 1. The second kappa shape index (κ2) is 9.12. The second-order valence-electron chi connectivity index (χ2n) is 8.47. The number of carbonyl (C=O) groups is 1. The van der Waals surface area contributed by atoms with Crippen molar-refractivity contribution in [1.82, 2.24) is 13.9 Å². The lowest BCUT2D eigenvalue weighted by Gasteiger charge is -2.25. The van der Waals surface area contributed by atoms with E-state index in [0.29, 0.717) is 36.6 Å². The van der Waals surface area contributed by atoms with Gasteiger partial charge in [0.1, 0.15) is 0 Å². The fourth-order valence-electron chi connectivity index (χ4n) is 4.72. The van der Waals surface area contributed by atoms with Gasteiger partial charge in [-0.05, 0) is 56.0 Å². The first-order chi connectivity index (χ1) is 16.0. The van der Waals surface area contributed by atoms with E-state index < -0.39 is 10.0 Å². The molecule has 3 heterocycles. The van der Waals surface area contributed by atoms with E-state index in [0.717, 1.165) is 42.0 Å². The molecule has 1 fully saturated rings. The van der Waals surface area contributed by atoms with Gasteiger partial charge in [0, 0.05) is 31.9 Å². The number of hydrogen-bond donors (Lipinski definition) is 0. The van der Waals surface area contributed by atoms with Crippen molar-refractivity contribution in [2.45, 2.75) is 49.2 Å². The van der Waals surface area contributed by atoms with E-state index in [1.807, 2.05) is 40.7 Å². The first kappa shape index (κ1) is 22.4. The molecule has 7 nitrogen and oxygen atoms in total. The lowest BCUT2D eigenvalue weighted by atomic mass is 10.2. The normalized spacial score (nSPS) is 16.9. The summed E-state index contributed by atoms with van der Waals surface area (Å²) < 4.78 is 29.8. The van der Waals surface area contributed by atoms with E-state index in [2.05, 4.69) is 6.07 Å². The second-order valence-corrected chi connectivity index (χ2v) is 11.3. The molecule has 0 saturated carbocycles. The summed E-state index contributed by atoms with van der Waals surface area (Å²) in [4.78, 5) is 19.8. The van der Waals surface area contributed by atoms with Crippen LogP contribution in [-0.4, -0.2) is 53.6 Å². The number of para-hydroxylation sites is 1. The highest BCUT2D eigenvalue weighted by Gasteiger charge is 2.27. The summed E-state index contributed by atoms with van der Waals surface area (Å²) in [6.07, 6.45) is 3.77. The number of piperidine rings is 1. The molecule has 2 aromatic carbocycles. The molecule has 0 spiro atoms. The zero-order valence-corrected chi connectivity index (χ0v) is 20.4. The van der Waals surface area contributed by atoms with Gasteiger partial charge in [-0.15, -0.1) is 0 Å². The van der Waals surface area contributed by atoms with E-state index in [4.69, 9.17) is 4.98 Å². The minimum atomic E-state index is -3.51. The Balaban J connectivity index is 1.37. The Morgan fingerprint density at radius 2 is 1.85 bits per heavy atom. The van der Waals surface area contributed by atoms with Crippen molar-refractivity contribution in [2.24, 2.45) is 0 Å². The number of benzene rings is 2. The molecule has 2 aliphatic rings. The zero-order valence-electron chi connectivity index (χ0n) is 18.7. The number of carbonyl (C=O) groups excluding carboxylic acids is 1. The quantitative estimate of drug-likeness (QED) is 0.496. The van der Waals surface area contributed by atoms with Crippen molar-refractivity contribution in [1.29, 1.82) is 0 Å². The van der Waals surface area contributed by atoms with Crippen molar-refractivity contribution < 1.29 is 13.2 Å². The fraction of sp³-hybridized carbons (Fsp3) is 0.417. The molecule has 5 rings (SSSR count). The Labute approximate surface area is 198 Å². The topological polar surface area (TPSA) is 75.5 Å². The molecule has 3 aromatic rings. The summed E-state index contributed by atoms with van der Waals surface area (Å²) in [6, 6.07) is 13.2. The van der Waals surface area contributed by atoms with E-state index >= 15 is 0 Å². The highest BCUT2D eigenvalue weighted by Crippen LogP contribution is 2.31. The molecule has 0 atom stereocenters. The van der Waals surface area contributed by atoms with Gasteiger partial charge in [-0.25, -0.2) is 13.4 Å². The number of hydrogen-bond acceptors (Lipinski definition) is 5. The summed E-state index contributed by atoms with van der Waals surface area (Å²) in [6.45, 7) is 4.58. The van der Waals surface area contributed by atoms with Gasteiger partial charge >= 0.3 is 0 Å². The third-order valence-electron chi connectivity index (χ3n) is 6.47. The summed E-state index contributed by atoms with van der Waals surface area (Å²) in [7, 11) is -3.51. The molecule has 1 saturated heterocycles. The summed E-state index contributed by atoms with van der Waals surface area (Å²) in [5, 5.41) is 0.737. The summed E-state index contributed by atoms with van der Waals surface area (Å²) >= 11 is 1.41. The Morgan fingerprint density at radius 3 is 2.64 bits per heavy atom. The van der Waals surface area contributed by atoms with Gasteiger partial charge in [-0.1, -0.05) is 36.4 Å². The fourth-order valence-corrected chi connectivity index (χ4v) is 7.21.